The number of rotatable bonds is 10. The molecule has 5 aromatic rings. The van der Waals surface area contributed by atoms with Gasteiger partial charge < -0.3 is 18.6 Å². The molecular weight excluding hydrogens is 616 g/mol. The number of aryl methyl sites for hydroxylation is 1. The number of halogens is 1. The third-order valence-electron chi connectivity index (χ3n) is 7.16. The van der Waals surface area contributed by atoms with Gasteiger partial charge in [-0.05, 0) is 55.3 Å². The number of carbonyl (C=O) groups is 2. The Labute approximate surface area is 267 Å². The van der Waals surface area contributed by atoms with Gasteiger partial charge in [-0.15, -0.1) is 0 Å². The summed E-state index contributed by atoms with van der Waals surface area (Å²) >= 11 is 7.22. The van der Waals surface area contributed by atoms with E-state index in [0.717, 1.165) is 16.9 Å². The van der Waals surface area contributed by atoms with Gasteiger partial charge >= 0.3 is 5.97 Å². The highest BCUT2D eigenvalue weighted by Gasteiger charge is 2.45. The van der Waals surface area contributed by atoms with Crippen molar-refractivity contribution < 1.29 is 28.2 Å². The van der Waals surface area contributed by atoms with Crippen LogP contribution in [0.15, 0.2) is 88.6 Å². The molecule has 45 heavy (non-hydrogen) atoms. The number of thiazole rings is 1. The first-order chi connectivity index (χ1) is 21.8. The zero-order chi connectivity index (χ0) is 31.7. The minimum absolute atomic E-state index is 0.0225. The molecule has 9 nitrogen and oxygen atoms in total. The Hall–Kier alpha value is -4.93. The van der Waals surface area contributed by atoms with E-state index in [1.807, 2.05) is 37.3 Å². The van der Waals surface area contributed by atoms with Crippen molar-refractivity contribution in [2.24, 2.45) is 0 Å². The largest absolute Gasteiger partial charge is 0.490 e. The molecule has 1 unspecified atom stereocenters. The van der Waals surface area contributed by atoms with Crippen molar-refractivity contribution in [2.75, 3.05) is 18.1 Å². The van der Waals surface area contributed by atoms with E-state index in [9.17, 15) is 14.4 Å². The number of hydrogen-bond donors (Lipinski definition) is 0. The van der Waals surface area contributed by atoms with Crippen molar-refractivity contribution in [3.63, 3.8) is 0 Å². The van der Waals surface area contributed by atoms with E-state index in [1.54, 1.807) is 37.3 Å². The quantitative estimate of drug-likeness (QED) is 0.116. The van der Waals surface area contributed by atoms with E-state index in [0.29, 0.717) is 41.0 Å². The van der Waals surface area contributed by atoms with Gasteiger partial charge in [0, 0.05) is 5.02 Å². The Morgan fingerprint density at radius 1 is 1.09 bits per heavy atom. The second kappa shape index (κ2) is 12.6. The Morgan fingerprint density at radius 2 is 1.89 bits per heavy atom. The number of ether oxygens (including phenoxy) is 3. The summed E-state index contributed by atoms with van der Waals surface area (Å²) < 4.78 is 23.3. The number of carbonyl (C=O) groups excluding carboxylic acids is 2. The van der Waals surface area contributed by atoms with Crippen LogP contribution in [0.5, 0.6) is 11.5 Å². The monoisotopic (exact) mass is 642 g/mol. The van der Waals surface area contributed by atoms with Crippen molar-refractivity contribution in [1.82, 2.24) is 4.98 Å². The molecule has 228 valence electrons. The summed E-state index contributed by atoms with van der Waals surface area (Å²) in [6.07, 6.45) is 1.46. The average molecular weight is 643 g/mol. The maximum atomic E-state index is 14.1. The molecule has 3 heterocycles. The number of fused-ring (bicyclic) bond motifs is 2. The van der Waals surface area contributed by atoms with Crippen LogP contribution in [-0.2, 0) is 11.3 Å². The van der Waals surface area contributed by atoms with Gasteiger partial charge in [0.2, 0.25) is 5.76 Å². The van der Waals surface area contributed by atoms with E-state index < -0.39 is 23.3 Å². The summed E-state index contributed by atoms with van der Waals surface area (Å²) in [6.45, 7) is 7.76. The summed E-state index contributed by atoms with van der Waals surface area (Å²) in [5, 5.41) is 0.783. The first-order valence-corrected chi connectivity index (χ1v) is 15.3. The zero-order valence-electron chi connectivity index (χ0n) is 24.4. The lowest BCUT2D eigenvalue weighted by Gasteiger charge is -2.23. The van der Waals surface area contributed by atoms with Crippen LogP contribution in [0, 0.1) is 6.92 Å². The summed E-state index contributed by atoms with van der Waals surface area (Å²) in [6, 6.07) is 18.7. The van der Waals surface area contributed by atoms with Crippen molar-refractivity contribution in [3.8, 4) is 11.5 Å². The maximum Gasteiger partial charge on any atom is 0.350 e. The number of benzene rings is 3. The molecule has 3 aromatic carbocycles. The predicted octanol–water partition coefficient (Wildman–Crippen LogP) is 7.28. The molecule has 1 aliphatic heterocycles. The molecule has 2 aromatic heterocycles. The molecule has 0 fully saturated rings. The number of esters is 1. The van der Waals surface area contributed by atoms with Crippen LogP contribution < -0.4 is 19.8 Å². The van der Waals surface area contributed by atoms with Gasteiger partial charge in [0.05, 0.1) is 29.3 Å². The van der Waals surface area contributed by atoms with E-state index in [-0.39, 0.29) is 38.9 Å². The van der Waals surface area contributed by atoms with Crippen LogP contribution >= 0.6 is 22.9 Å². The number of anilines is 1. The van der Waals surface area contributed by atoms with Crippen LogP contribution in [0.3, 0.4) is 0 Å². The van der Waals surface area contributed by atoms with E-state index in [1.165, 1.54) is 17.0 Å². The van der Waals surface area contributed by atoms with Gasteiger partial charge in [-0.2, -0.15) is 0 Å². The van der Waals surface area contributed by atoms with Gasteiger partial charge in [-0.25, -0.2) is 9.78 Å². The topological polar surface area (TPSA) is 108 Å². The van der Waals surface area contributed by atoms with Crippen LogP contribution in [0.2, 0.25) is 5.02 Å². The molecule has 0 bridgehead atoms. The Bertz CT molecular complexity index is 2000. The number of nitrogens with zero attached hydrogens (tertiary/aromatic N) is 2. The number of aromatic nitrogens is 1. The number of amides is 1. The fourth-order valence-corrected chi connectivity index (χ4v) is 6.31. The van der Waals surface area contributed by atoms with Gasteiger partial charge in [-0.3, -0.25) is 14.5 Å². The minimum Gasteiger partial charge on any atom is -0.490 e. The van der Waals surface area contributed by atoms with Gasteiger partial charge in [-0.1, -0.05) is 72.0 Å². The van der Waals surface area contributed by atoms with Crippen LogP contribution in [0.4, 0.5) is 5.13 Å². The Morgan fingerprint density at radius 3 is 2.64 bits per heavy atom. The lowest BCUT2D eigenvalue weighted by Crippen LogP contribution is -2.29. The summed E-state index contributed by atoms with van der Waals surface area (Å²) in [5.41, 5.74) is 1.85. The van der Waals surface area contributed by atoms with E-state index in [2.05, 4.69) is 11.6 Å². The lowest BCUT2D eigenvalue weighted by molar-refractivity contribution is 0.0554. The van der Waals surface area contributed by atoms with Crippen molar-refractivity contribution in [1.29, 1.82) is 0 Å². The molecule has 1 amide bonds. The fourth-order valence-electron chi connectivity index (χ4n) is 5.15. The summed E-state index contributed by atoms with van der Waals surface area (Å²) in [7, 11) is 0. The van der Waals surface area contributed by atoms with Crippen LogP contribution in [0.1, 0.15) is 55.6 Å². The Kier molecular flexibility index (Phi) is 8.42. The Balaban J connectivity index is 1.49. The third kappa shape index (κ3) is 5.70. The maximum absolute atomic E-state index is 14.1. The first-order valence-electron chi connectivity index (χ1n) is 14.1. The first kappa shape index (κ1) is 30.1. The molecule has 11 heteroatoms. The van der Waals surface area contributed by atoms with Crippen molar-refractivity contribution in [3.05, 3.63) is 128 Å². The molecule has 1 atom stereocenters. The zero-order valence-corrected chi connectivity index (χ0v) is 25.9. The predicted molar refractivity (Wildman–Crippen MR) is 172 cm³/mol. The second-order valence-corrected chi connectivity index (χ2v) is 11.5. The van der Waals surface area contributed by atoms with Crippen LogP contribution in [0.25, 0.3) is 11.0 Å². The average Bonchev–Trinajstić information content (AvgIpc) is 3.57. The standard InChI is InChI=1S/C34H27ClN2O7S/c1-4-15-42-33(40)31-19(3)36-34(45-31)37-28(27-29(38)23-17-22(35)12-14-24(23)44-30(27)32(37)39)21-11-13-25(26(16-21)41-5-2)43-18-20-9-7-6-8-10-20/h4,6-14,16-17,28H,1,5,15,18H2,2-3H3. The molecule has 0 saturated heterocycles. The minimum atomic E-state index is -0.961. The molecule has 0 N–H and O–H groups in total. The van der Waals surface area contributed by atoms with E-state index >= 15 is 0 Å². The molecule has 1 aliphatic rings. The fraction of sp³-hybridized carbons (Fsp3) is 0.176. The highest BCUT2D eigenvalue weighted by Crippen LogP contribution is 2.45. The lowest BCUT2D eigenvalue weighted by atomic mass is 9.98. The van der Waals surface area contributed by atoms with Gasteiger partial charge in [0.15, 0.2) is 22.1 Å². The highest BCUT2D eigenvalue weighted by molar-refractivity contribution is 7.17. The van der Waals surface area contributed by atoms with Crippen molar-refractivity contribution >= 4 is 50.9 Å². The normalized spacial score (nSPS) is 14.0. The van der Waals surface area contributed by atoms with Crippen molar-refractivity contribution in [2.45, 2.75) is 26.5 Å². The molecule has 0 saturated carbocycles. The molecule has 0 radical (unpaired) electrons. The summed E-state index contributed by atoms with van der Waals surface area (Å²) in [5.74, 6) is -0.360. The third-order valence-corrected chi connectivity index (χ3v) is 8.53. The number of hydrogen-bond acceptors (Lipinski definition) is 9. The molecule has 0 spiro atoms. The molecular formula is C34H27ClN2O7S. The van der Waals surface area contributed by atoms with E-state index in [4.69, 9.17) is 30.2 Å². The summed E-state index contributed by atoms with van der Waals surface area (Å²) in [4.78, 5) is 47.1. The SMILES string of the molecule is C=CCOC(=O)c1sc(N2C(=O)c3oc4ccc(Cl)cc4c(=O)c3C2c2ccc(OCc3ccccc3)c(OCC)c2)nc1C. The highest BCUT2D eigenvalue weighted by atomic mass is 35.5. The van der Waals surface area contributed by atoms with Gasteiger partial charge in [0.1, 0.15) is 23.7 Å². The van der Waals surface area contributed by atoms with Gasteiger partial charge in [0.25, 0.3) is 5.91 Å². The van der Waals surface area contributed by atoms with Crippen LogP contribution in [-0.4, -0.2) is 30.1 Å². The smallest absolute Gasteiger partial charge is 0.350 e. The molecule has 6 rings (SSSR count). The second-order valence-electron chi connectivity index (χ2n) is 10.1. The molecule has 0 aliphatic carbocycles.